The minimum Gasteiger partial charge on any atom is -0.494 e. The molecule has 0 atom stereocenters. The molecule has 0 bridgehead atoms. The summed E-state index contributed by atoms with van der Waals surface area (Å²) in [6.07, 6.45) is 3.38. The maximum Gasteiger partial charge on any atom is 0.272 e. The lowest BCUT2D eigenvalue weighted by Crippen LogP contribution is -2.28. The molecule has 2 rings (SSSR count). The highest BCUT2D eigenvalue weighted by Gasteiger charge is 2.13. The van der Waals surface area contributed by atoms with Gasteiger partial charge in [0.2, 0.25) is 5.91 Å². The fraction of sp³-hybridized carbons (Fsp3) is 0.238. The van der Waals surface area contributed by atoms with Crippen LogP contribution < -0.4 is 15.4 Å². The number of rotatable bonds is 9. The van der Waals surface area contributed by atoms with Gasteiger partial charge in [-0.15, -0.1) is 0 Å². The van der Waals surface area contributed by atoms with Gasteiger partial charge in [0, 0.05) is 24.7 Å². The summed E-state index contributed by atoms with van der Waals surface area (Å²) in [7, 11) is 0. The second-order valence-corrected chi connectivity index (χ2v) is 6.27. The second kappa shape index (κ2) is 10.6. The van der Waals surface area contributed by atoms with Gasteiger partial charge in [0.05, 0.1) is 11.5 Å². The molecule has 152 valence electrons. The summed E-state index contributed by atoms with van der Waals surface area (Å²) < 4.78 is 5.58. The monoisotopic (exact) mass is 397 g/mol. The molecule has 0 unspecified atom stereocenters. The zero-order chi connectivity index (χ0) is 21.2. The number of benzene rings is 2. The van der Waals surface area contributed by atoms with E-state index in [9.17, 15) is 19.7 Å². The first-order valence-corrected chi connectivity index (χ1v) is 9.17. The van der Waals surface area contributed by atoms with Crippen LogP contribution in [0.5, 0.6) is 5.75 Å². The summed E-state index contributed by atoms with van der Waals surface area (Å²) in [5, 5.41) is 16.1. The number of carbonyl (C=O) groups is 2. The van der Waals surface area contributed by atoms with Gasteiger partial charge in [-0.1, -0.05) is 25.5 Å². The lowest BCUT2D eigenvalue weighted by atomic mass is 10.1. The van der Waals surface area contributed by atoms with Gasteiger partial charge in [0.1, 0.15) is 11.4 Å². The highest BCUT2D eigenvalue weighted by molar-refractivity contribution is 6.08. The number of unbranched alkanes of at least 4 members (excludes halogenated alkanes) is 1. The third-order valence-electron chi connectivity index (χ3n) is 3.83. The van der Waals surface area contributed by atoms with Crippen LogP contribution in [0.2, 0.25) is 0 Å². The summed E-state index contributed by atoms with van der Waals surface area (Å²) in [6.45, 7) is 3.98. The Bertz CT molecular complexity index is 907. The highest BCUT2D eigenvalue weighted by atomic mass is 16.6. The number of nitro benzene ring substituents is 1. The number of nitrogens with zero attached hydrogens (tertiary/aromatic N) is 1. The van der Waals surface area contributed by atoms with Gasteiger partial charge >= 0.3 is 0 Å². The first-order chi connectivity index (χ1) is 13.9. The number of ether oxygens (including phenoxy) is 1. The van der Waals surface area contributed by atoms with Crippen LogP contribution in [-0.4, -0.2) is 23.3 Å². The van der Waals surface area contributed by atoms with E-state index in [1.807, 2.05) is 0 Å². The smallest absolute Gasteiger partial charge is 0.272 e. The van der Waals surface area contributed by atoms with Gasteiger partial charge in [0.25, 0.3) is 11.6 Å². The third-order valence-corrected chi connectivity index (χ3v) is 3.83. The molecule has 0 aliphatic heterocycles. The van der Waals surface area contributed by atoms with Crippen molar-refractivity contribution in [1.29, 1.82) is 0 Å². The fourth-order valence-corrected chi connectivity index (χ4v) is 2.41. The van der Waals surface area contributed by atoms with Gasteiger partial charge in [-0.3, -0.25) is 19.7 Å². The van der Waals surface area contributed by atoms with Gasteiger partial charge < -0.3 is 15.4 Å². The molecular weight excluding hydrogens is 374 g/mol. The van der Waals surface area contributed by atoms with Crippen molar-refractivity contribution in [1.82, 2.24) is 5.32 Å². The predicted molar refractivity (Wildman–Crippen MR) is 110 cm³/mol. The normalized spacial score (nSPS) is 10.9. The van der Waals surface area contributed by atoms with E-state index in [0.29, 0.717) is 23.6 Å². The molecule has 2 aromatic rings. The van der Waals surface area contributed by atoms with Crippen molar-refractivity contribution < 1.29 is 19.2 Å². The van der Waals surface area contributed by atoms with Crippen LogP contribution in [-0.2, 0) is 9.59 Å². The molecule has 2 N–H and O–H groups in total. The Labute approximate surface area is 168 Å². The lowest BCUT2D eigenvalue weighted by Gasteiger charge is -2.11. The van der Waals surface area contributed by atoms with Gasteiger partial charge in [-0.2, -0.15) is 0 Å². The van der Waals surface area contributed by atoms with E-state index >= 15 is 0 Å². The Morgan fingerprint density at radius 3 is 2.52 bits per heavy atom. The first kappa shape index (κ1) is 21.6. The Balaban J connectivity index is 2.15. The Kier molecular flexibility index (Phi) is 7.90. The van der Waals surface area contributed by atoms with Crippen LogP contribution in [0.3, 0.4) is 0 Å². The molecule has 0 saturated carbocycles. The standard InChI is InChI=1S/C21H23N3O5/c1-3-4-12-29-19-10-8-17(9-11-19)23-21(26)20(22-15(2)25)14-16-6-5-7-18(13-16)24(27)28/h5-11,13-14H,3-4,12H2,1-2H3,(H,22,25)(H,23,26)/b20-14-. The molecule has 0 spiro atoms. The van der Waals surface area contributed by atoms with Gasteiger partial charge in [-0.25, -0.2) is 0 Å². The van der Waals surface area contributed by atoms with Gasteiger partial charge in [0.15, 0.2) is 0 Å². The van der Waals surface area contributed by atoms with E-state index in [1.165, 1.54) is 31.2 Å². The maximum absolute atomic E-state index is 12.6. The van der Waals surface area contributed by atoms with Crippen molar-refractivity contribution in [3.05, 3.63) is 69.9 Å². The average molecular weight is 397 g/mol. The third kappa shape index (κ3) is 7.10. The van der Waals surface area contributed by atoms with Gasteiger partial charge in [-0.05, 0) is 42.3 Å². The molecule has 8 nitrogen and oxygen atoms in total. The van der Waals surface area contributed by atoms with Crippen molar-refractivity contribution in [3.8, 4) is 5.75 Å². The van der Waals surface area contributed by atoms with Crippen LogP contribution in [0.1, 0.15) is 32.3 Å². The number of carbonyl (C=O) groups excluding carboxylic acids is 2. The zero-order valence-electron chi connectivity index (χ0n) is 16.3. The Hall–Kier alpha value is -3.68. The molecule has 0 aliphatic rings. The van der Waals surface area contributed by atoms with Crippen LogP contribution in [0.25, 0.3) is 6.08 Å². The van der Waals surface area contributed by atoms with Crippen LogP contribution in [0, 0.1) is 10.1 Å². The predicted octanol–water partition coefficient (Wildman–Crippen LogP) is 3.89. The van der Waals surface area contributed by atoms with E-state index in [4.69, 9.17) is 4.74 Å². The fourth-order valence-electron chi connectivity index (χ4n) is 2.41. The molecule has 8 heteroatoms. The highest BCUT2D eigenvalue weighted by Crippen LogP contribution is 2.18. The number of nitro groups is 1. The zero-order valence-corrected chi connectivity index (χ0v) is 16.3. The van der Waals surface area contributed by atoms with Crippen molar-refractivity contribution in [2.24, 2.45) is 0 Å². The molecule has 0 fully saturated rings. The molecular formula is C21H23N3O5. The summed E-state index contributed by atoms with van der Waals surface area (Å²) in [5.74, 6) is -0.284. The van der Waals surface area contributed by atoms with Crippen LogP contribution in [0.15, 0.2) is 54.2 Å². The SMILES string of the molecule is CCCCOc1ccc(NC(=O)/C(=C/c2cccc([N+](=O)[O-])c2)NC(C)=O)cc1. The summed E-state index contributed by atoms with van der Waals surface area (Å²) in [5.41, 5.74) is 0.798. The molecule has 29 heavy (non-hydrogen) atoms. The molecule has 0 saturated heterocycles. The topological polar surface area (TPSA) is 111 Å². The van der Waals surface area contributed by atoms with E-state index in [1.54, 1.807) is 30.3 Å². The first-order valence-electron chi connectivity index (χ1n) is 9.17. The number of non-ortho nitro benzene ring substituents is 1. The van der Waals surface area contributed by atoms with E-state index < -0.39 is 16.7 Å². The van der Waals surface area contributed by atoms with E-state index in [-0.39, 0.29) is 11.4 Å². The summed E-state index contributed by atoms with van der Waals surface area (Å²) in [4.78, 5) is 34.5. The number of amides is 2. The minimum atomic E-state index is -0.550. The molecule has 0 radical (unpaired) electrons. The number of nitrogens with one attached hydrogen (secondary N) is 2. The maximum atomic E-state index is 12.6. The van der Waals surface area contributed by atoms with Crippen molar-refractivity contribution >= 4 is 29.3 Å². The van der Waals surface area contributed by atoms with Crippen LogP contribution >= 0.6 is 0 Å². The summed E-state index contributed by atoms with van der Waals surface area (Å²) in [6, 6.07) is 12.6. The molecule has 0 heterocycles. The molecule has 2 aromatic carbocycles. The average Bonchev–Trinajstić information content (AvgIpc) is 2.69. The minimum absolute atomic E-state index is 0.0266. The lowest BCUT2D eigenvalue weighted by molar-refractivity contribution is -0.384. The quantitative estimate of drug-likeness (QED) is 0.289. The van der Waals surface area contributed by atoms with Crippen molar-refractivity contribution in [3.63, 3.8) is 0 Å². The van der Waals surface area contributed by atoms with Crippen molar-refractivity contribution in [2.75, 3.05) is 11.9 Å². The second-order valence-electron chi connectivity index (χ2n) is 6.27. The Morgan fingerprint density at radius 2 is 1.90 bits per heavy atom. The Morgan fingerprint density at radius 1 is 1.17 bits per heavy atom. The molecule has 0 aromatic heterocycles. The summed E-state index contributed by atoms with van der Waals surface area (Å²) >= 11 is 0. The van der Waals surface area contributed by atoms with E-state index in [2.05, 4.69) is 17.6 Å². The number of hydrogen-bond acceptors (Lipinski definition) is 5. The number of anilines is 1. The molecule has 2 amide bonds. The van der Waals surface area contributed by atoms with Crippen molar-refractivity contribution in [2.45, 2.75) is 26.7 Å². The molecule has 0 aliphatic carbocycles. The van der Waals surface area contributed by atoms with Crippen LogP contribution in [0.4, 0.5) is 11.4 Å². The number of hydrogen-bond donors (Lipinski definition) is 2. The van der Waals surface area contributed by atoms with E-state index in [0.717, 1.165) is 12.8 Å². The largest absolute Gasteiger partial charge is 0.494 e.